The van der Waals surface area contributed by atoms with Crippen molar-refractivity contribution in [2.75, 3.05) is 20.6 Å². The summed E-state index contributed by atoms with van der Waals surface area (Å²) in [6.45, 7) is 0.357. The molecule has 0 aromatic heterocycles. The first-order valence-corrected chi connectivity index (χ1v) is 11.0. The number of hydrogen-bond donors (Lipinski definition) is 1. The van der Waals surface area contributed by atoms with Crippen LogP contribution in [0.25, 0.3) is 0 Å². The normalized spacial score (nSPS) is 24.3. The second-order valence-corrected chi connectivity index (χ2v) is 9.34. The zero-order valence-corrected chi connectivity index (χ0v) is 18.7. The summed E-state index contributed by atoms with van der Waals surface area (Å²) in [6.07, 6.45) is -7.04. The number of alkyl halides is 6. The summed E-state index contributed by atoms with van der Waals surface area (Å²) in [7, 11) is 3.56. The van der Waals surface area contributed by atoms with E-state index in [-0.39, 0.29) is 24.0 Å². The van der Waals surface area contributed by atoms with Gasteiger partial charge in [-0.2, -0.15) is 26.3 Å². The molecular weight excluding hydrogens is 444 g/mol. The topological polar surface area (TPSA) is 23.5 Å². The molecule has 3 unspecified atom stereocenters. The Bertz CT molecular complexity index is 892. The van der Waals surface area contributed by atoms with Gasteiger partial charge in [-0.15, -0.1) is 0 Å². The van der Waals surface area contributed by atoms with Crippen LogP contribution in [-0.4, -0.2) is 30.6 Å². The molecule has 2 aromatic rings. The minimum atomic E-state index is -4.95. The van der Waals surface area contributed by atoms with Gasteiger partial charge in [-0.3, -0.25) is 0 Å². The third kappa shape index (κ3) is 6.29. The molecule has 33 heavy (non-hydrogen) atoms. The zero-order valence-electron chi connectivity index (χ0n) is 18.7. The van der Waals surface area contributed by atoms with E-state index in [4.69, 9.17) is 0 Å². The van der Waals surface area contributed by atoms with Crippen LogP contribution in [0.1, 0.15) is 47.9 Å². The summed E-state index contributed by atoms with van der Waals surface area (Å²) in [5.74, 6) is -0.269. The smallest absolute Gasteiger partial charge is 0.385 e. The summed E-state index contributed by atoms with van der Waals surface area (Å²) < 4.78 is 80.4. The van der Waals surface area contributed by atoms with Gasteiger partial charge in [-0.05, 0) is 81.4 Å². The van der Waals surface area contributed by atoms with Crippen molar-refractivity contribution < 1.29 is 31.4 Å². The van der Waals surface area contributed by atoms with Crippen molar-refractivity contribution >= 4 is 0 Å². The number of nitrogens with zero attached hydrogens (tertiary/aromatic N) is 1. The molecule has 0 aliphatic heterocycles. The second kappa shape index (κ2) is 9.66. The highest BCUT2D eigenvalue weighted by Crippen LogP contribution is 2.47. The molecule has 1 fully saturated rings. The van der Waals surface area contributed by atoms with Gasteiger partial charge in [-0.1, -0.05) is 30.3 Å². The maximum absolute atomic E-state index is 13.4. The van der Waals surface area contributed by atoms with Gasteiger partial charge in [0.05, 0.1) is 16.7 Å². The van der Waals surface area contributed by atoms with Gasteiger partial charge in [0.2, 0.25) is 0 Å². The number of aliphatic hydroxyl groups is 1. The van der Waals surface area contributed by atoms with Crippen molar-refractivity contribution in [2.24, 2.45) is 11.8 Å². The van der Waals surface area contributed by atoms with Crippen molar-refractivity contribution in [3.8, 4) is 0 Å². The Morgan fingerprint density at radius 2 is 1.52 bits per heavy atom. The Morgan fingerprint density at radius 3 is 2.03 bits per heavy atom. The molecule has 0 radical (unpaired) electrons. The van der Waals surface area contributed by atoms with E-state index >= 15 is 0 Å². The molecule has 3 rings (SSSR count). The fraction of sp³-hybridized carbons (Fsp3) is 0.520. The number of halogens is 6. The first-order chi connectivity index (χ1) is 15.3. The van der Waals surface area contributed by atoms with Gasteiger partial charge in [0.1, 0.15) is 0 Å². The highest BCUT2D eigenvalue weighted by atomic mass is 19.4. The van der Waals surface area contributed by atoms with Crippen LogP contribution in [0.15, 0.2) is 48.5 Å². The molecule has 0 amide bonds. The highest BCUT2D eigenvalue weighted by molar-refractivity contribution is 5.37. The lowest BCUT2D eigenvalue weighted by Crippen LogP contribution is -2.45. The van der Waals surface area contributed by atoms with Crippen molar-refractivity contribution in [1.29, 1.82) is 0 Å². The van der Waals surface area contributed by atoms with E-state index in [1.165, 1.54) is 5.56 Å². The average molecular weight is 474 g/mol. The van der Waals surface area contributed by atoms with Crippen LogP contribution in [0.2, 0.25) is 0 Å². The molecule has 1 aliphatic carbocycles. The quantitative estimate of drug-likeness (QED) is 0.483. The van der Waals surface area contributed by atoms with Crippen LogP contribution in [0.4, 0.5) is 26.3 Å². The van der Waals surface area contributed by atoms with Crippen LogP contribution >= 0.6 is 0 Å². The Morgan fingerprint density at radius 1 is 0.939 bits per heavy atom. The fourth-order valence-electron chi connectivity index (χ4n) is 4.87. The first-order valence-electron chi connectivity index (χ1n) is 11.0. The molecule has 1 aliphatic rings. The summed E-state index contributed by atoms with van der Waals surface area (Å²) >= 11 is 0. The molecule has 0 bridgehead atoms. The molecular formula is C25H29F6NO. The van der Waals surface area contributed by atoms with Gasteiger partial charge in [0, 0.05) is 12.5 Å². The fourth-order valence-corrected chi connectivity index (χ4v) is 4.87. The van der Waals surface area contributed by atoms with Crippen molar-refractivity contribution in [3.05, 3.63) is 70.8 Å². The first kappa shape index (κ1) is 25.6. The third-order valence-corrected chi connectivity index (χ3v) is 6.58. The lowest BCUT2D eigenvalue weighted by atomic mass is 9.66. The minimum Gasteiger partial charge on any atom is -0.385 e. The summed E-state index contributed by atoms with van der Waals surface area (Å²) in [6, 6.07) is 11.4. The Balaban J connectivity index is 1.92. The van der Waals surface area contributed by atoms with Gasteiger partial charge in [0.25, 0.3) is 0 Å². The minimum absolute atomic E-state index is 0.110. The second-order valence-electron chi connectivity index (χ2n) is 9.34. The summed E-state index contributed by atoms with van der Waals surface area (Å²) in [4.78, 5) is 1.81. The molecule has 1 N–H and O–H groups in total. The third-order valence-electron chi connectivity index (χ3n) is 6.58. The molecule has 0 spiro atoms. The van der Waals surface area contributed by atoms with E-state index in [9.17, 15) is 31.4 Å². The Labute approximate surface area is 190 Å². The highest BCUT2D eigenvalue weighted by Gasteiger charge is 2.46. The molecule has 0 heterocycles. The van der Waals surface area contributed by atoms with Gasteiger partial charge in [-0.25, -0.2) is 0 Å². The van der Waals surface area contributed by atoms with Crippen molar-refractivity contribution in [3.63, 3.8) is 0 Å². The Kier molecular flexibility index (Phi) is 7.49. The number of hydrogen-bond acceptors (Lipinski definition) is 2. The van der Waals surface area contributed by atoms with E-state index in [1.807, 2.05) is 35.2 Å². The van der Waals surface area contributed by atoms with Gasteiger partial charge >= 0.3 is 12.4 Å². The molecule has 8 heteroatoms. The predicted octanol–water partition coefficient (Wildman–Crippen LogP) is 6.52. The van der Waals surface area contributed by atoms with Crippen LogP contribution in [0.5, 0.6) is 0 Å². The molecule has 182 valence electrons. The Hall–Kier alpha value is -2.06. The molecule has 2 aromatic carbocycles. The van der Waals surface area contributed by atoms with Crippen LogP contribution in [0, 0.1) is 11.8 Å². The van der Waals surface area contributed by atoms with Crippen molar-refractivity contribution in [2.45, 2.75) is 50.1 Å². The van der Waals surface area contributed by atoms with E-state index in [2.05, 4.69) is 0 Å². The molecule has 2 nitrogen and oxygen atoms in total. The SMILES string of the molecule is CN(C)CC1CC(CCc2ccccc2)CCC1(O)c1cc(C(F)(F)F)cc(C(F)(F)F)c1. The standard InChI is InChI=1S/C25H29F6NO/c1-32(2)16-22-12-18(9-8-17-6-4-3-5-7-17)10-11-23(22,33)19-13-20(24(26,27)28)15-21(14-19)25(29,30)31/h3-7,13-15,18,22,33H,8-12,16H2,1-2H3. The lowest BCUT2D eigenvalue weighted by Gasteiger charge is -2.45. The van der Waals surface area contributed by atoms with Gasteiger partial charge in [0.15, 0.2) is 0 Å². The number of rotatable bonds is 6. The largest absolute Gasteiger partial charge is 0.416 e. The van der Waals surface area contributed by atoms with Crippen molar-refractivity contribution in [1.82, 2.24) is 4.90 Å². The van der Waals surface area contributed by atoms with E-state index in [0.717, 1.165) is 12.8 Å². The van der Waals surface area contributed by atoms with E-state index in [1.54, 1.807) is 14.1 Å². The lowest BCUT2D eigenvalue weighted by molar-refractivity contribution is -0.143. The van der Waals surface area contributed by atoms with E-state index < -0.39 is 35.0 Å². The maximum Gasteiger partial charge on any atom is 0.416 e. The number of aryl methyl sites for hydroxylation is 1. The molecule has 0 saturated heterocycles. The van der Waals surface area contributed by atoms with E-state index in [0.29, 0.717) is 31.5 Å². The van der Waals surface area contributed by atoms with Gasteiger partial charge < -0.3 is 10.0 Å². The monoisotopic (exact) mass is 473 g/mol. The predicted molar refractivity (Wildman–Crippen MR) is 114 cm³/mol. The molecule has 1 saturated carbocycles. The summed E-state index contributed by atoms with van der Waals surface area (Å²) in [5, 5.41) is 11.6. The van der Waals surface area contributed by atoms with Crippen LogP contribution < -0.4 is 0 Å². The zero-order chi connectivity index (χ0) is 24.4. The number of benzene rings is 2. The average Bonchev–Trinajstić information content (AvgIpc) is 2.73. The molecule has 3 atom stereocenters. The summed E-state index contributed by atoms with van der Waals surface area (Å²) in [5.41, 5.74) is -3.69. The van der Waals surface area contributed by atoms with Crippen LogP contribution in [-0.2, 0) is 24.4 Å². The maximum atomic E-state index is 13.4. The van der Waals surface area contributed by atoms with Crippen LogP contribution in [0.3, 0.4) is 0 Å².